The fourth-order valence-electron chi connectivity index (χ4n) is 2.25. The zero-order valence-corrected chi connectivity index (χ0v) is 14.6. The van der Waals surface area contributed by atoms with Crippen LogP contribution in [-0.2, 0) is 6.61 Å². The van der Waals surface area contributed by atoms with Gasteiger partial charge in [0.05, 0.1) is 23.8 Å². The number of methoxy groups -OCH3 is 1. The van der Waals surface area contributed by atoms with Crippen LogP contribution in [0.2, 0.25) is 0 Å². The molecule has 0 fully saturated rings. The summed E-state index contributed by atoms with van der Waals surface area (Å²) in [6.07, 6.45) is 0. The summed E-state index contributed by atoms with van der Waals surface area (Å²) < 4.78 is 10.9. The predicted molar refractivity (Wildman–Crippen MR) is 96.3 cm³/mol. The van der Waals surface area contributed by atoms with Gasteiger partial charge in [0, 0.05) is 17.0 Å². The summed E-state index contributed by atoms with van der Waals surface area (Å²) in [4.78, 5) is 15.0. The molecule has 0 aliphatic rings. The van der Waals surface area contributed by atoms with Crippen molar-refractivity contribution in [3.8, 4) is 22.1 Å². The van der Waals surface area contributed by atoms with Crippen LogP contribution in [0.3, 0.4) is 0 Å². The number of nitro benzene ring substituents is 1. The van der Waals surface area contributed by atoms with E-state index in [4.69, 9.17) is 9.47 Å². The molecule has 0 saturated carbocycles. The molecule has 2 aromatic carbocycles. The molecule has 1 aromatic heterocycles. The molecule has 0 spiro atoms. The number of ether oxygens (including phenoxy) is 2. The smallest absolute Gasteiger partial charge is 0.273 e. The Kier molecular flexibility index (Phi) is 4.95. The zero-order chi connectivity index (χ0) is 17.8. The number of nitro groups is 1. The molecule has 0 N–H and O–H groups in total. The average Bonchev–Trinajstić information content (AvgIpc) is 3.09. The Morgan fingerprint density at radius 2 is 1.92 bits per heavy atom. The van der Waals surface area contributed by atoms with Crippen LogP contribution in [0, 0.1) is 17.0 Å². The average molecular weight is 356 g/mol. The van der Waals surface area contributed by atoms with Gasteiger partial charge < -0.3 is 9.47 Å². The van der Waals surface area contributed by atoms with E-state index in [2.05, 4.69) is 4.98 Å². The van der Waals surface area contributed by atoms with Gasteiger partial charge in [-0.1, -0.05) is 29.8 Å². The molecule has 0 atom stereocenters. The number of non-ortho nitro benzene ring substituents is 1. The van der Waals surface area contributed by atoms with Gasteiger partial charge in [0.25, 0.3) is 5.69 Å². The molecule has 0 bridgehead atoms. The van der Waals surface area contributed by atoms with Crippen LogP contribution < -0.4 is 9.47 Å². The molecule has 0 amide bonds. The minimum absolute atomic E-state index is 0.0468. The van der Waals surface area contributed by atoms with Gasteiger partial charge in [-0.25, -0.2) is 4.98 Å². The quantitative estimate of drug-likeness (QED) is 0.476. The summed E-state index contributed by atoms with van der Waals surface area (Å²) in [6.45, 7) is 2.25. The van der Waals surface area contributed by atoms with Gasteiger partial charge in [0.1, 0.15) is 11.6 Å². The van der Waals surface area contributed by atoms with Crippen LogP contribution in [0.15, 0.2) is 47.8 Å². The van der Waals surface area contributed by atoms with Crippen molar-refractivity contribution < 1.29 is 14.4 Å². The summed E-state index contributed by atoms with van der Waals surface area (Å²) in [5.74, 6) is 0.765. The second-order valence-electron chi connectivity index (χ2n) is 5.39. The van der Waals surface area contributed by atoms with Gasteiger partial charge in [-0.2, -0.15) is 0 Å². The SMILES string of the molecule is COc1ccc([N+](=O)[O-])cc1OCc1csc(-c2ccc(C)cc2)n1. The number of nitrogens with zero attached hydrogens (tertiary/aromatic N) is 2. The maximum atomic E-state index is 10.9. The zero-order valence-electron chi connectivity index (χ0n) is 13.8. The fraction of sp³-hybridized carbons (Fsp3) is 0.167. The molecule has 0 aliphatic heterocycles. The molecule has 3 rings (SSSR count). The van der Waals surface area contributed by atoms with Crippen molar-refractivity contribution >= 4 is 17.0 Å². The third-order valence-electron chi connectivity index (χ3n) is 3.58. The van der Waals surface area contributed by atoms with E-state index < -0.39 is 4.92 Å². The minimum Gasteiger partial charge on any atom is -0.493 e. The van der Waals surface area contributed by atoms with Crippen LogP contribution in [0.25, 0.3) is 10.6 Å². The molecule has 6 nitrogen and oxygen atoms in total. The molecular formula is C18H16N2O4S. The summed E-state index contributed by atoms with van der Waals surface area (Å²) in [5, 5.41) is 13.7. The fourth-order valence-corrected chi connectivity index (χ4v) is 3.06. The summed E-state index contributed by atoms with van der Waals surface area (Å²) in [7, 11) is 1.49. The van der Waals surface area contributed by atoms with Gasteiger partial charge >= 0.3 is 0 Å². The second-order valence-corrected chi connectivity index (χ2v) is 6.25. The number of thiazole rings is 1. The van der Waals surface area contributed by atoms with Crippen LogP contribution in [0.5, 0.6) is 11.5 Å². The second kappa shape index (κ2) is 7.31. The van der Waals surface area contributed by atoms with Crippen LogP contribution in [-0.4, -0.2) is 17.0 Å². The largest absolute Gasteiger partial charge is 0.493 e. The van der Waals surface area contributed by atoms with E-state index in [1.165, 1.54) is 42.2 Å². The lowest BCUT2D eigenvalue weighted by Crippen LogP contribution is -1.99. The molecule has 0 radical (unpaired) electrons. The Morgan fingerprint density at radius 1 is 1.16 bits per heavy atom. The van der Waals surface area contributed by atoms with Gasteiger partial charge in [-0.15, -0.1) is 11.3 Å². The van der Waals surface area contributed by atoms with Gasteiger partial charge in [-0.05, 0) is 13.0 Å². The first kappa shape index (κ1) is 16.9. The van der Waals surface area contributed by atoms with E-state index >= 15 is 0 Å². The van der Waals surface area contributed by atoms with Crippen molar-refractivity contribution in [1.82, 2.24) is 4.98 Å². The van der Waals surface area contributed by atoms with E-state index in [1.54, 1.807) is 0 Å². The highest BCUT2D eigenvalue weighted by molar-refractivity contribution is 7.13. The Balaban J connectivity index is 1.75. The highest BCUT2D eigenvalue weighted by Gasteiger charge is 2.13. The molecule has 1 heterocycles. The van der Waals surface area contributed by atoms with Gasteiger partial charge in [0.2, 0.25) is 0 Å². The molecule has 128 valence electrons. The molecular weight excluding hydrogens is 340 g/mol. The molecule has 0 saturated heterocycles. The molecule has 25 heavy (non-hydrogen) atoms. The summed E-state index contributed by atoms with van der Waals surface area (Å²) >= 11 is 1.53. The number of aromatic nitrogens is 1. The normalized spacial score (nSPS) is 10.5. The van der Waals surface area contributed by atoms with Crippen molar-refractivity contribution in [3.63, 3.8) is 0 Å². The Bertz CT molecular complexity index is 890. The molecule has 7 heteroatoms. The van der Waals surface area contributed by atoms with E-state index in [9.17, 15) is 10.1 Å². The number of hydrogen-bond acceptors (Lipinski definition) is 6. The van der Waals surface area contributed by atoms with Crippen molar-refractivity contribution in [2.75, 3.05) is 7.11 Å². The third kappa shape index (κ3) is 3.95. The monoisotopic (exact) mass is 356 g/mol. The number of aryl methyl sites for hydroxylation is 1. The van der Waals surface area contributed by atoms with Crippen LogP contribution >= 0.6 is 11.3 Å². The highest BCUT2D eigenvalue weighted by atomic mass is 32.1. The van der Waals surface area contributed by atoms with Crippen molar-refractivity contribution in [2.45, 2.75) is 13.5 Å². The molecule has 0 unspecified atom stereocenters. The number of hydrogen-bond donors (Lipinski definition) is 0. The molecule has 0 aliphatic carbocycles. The first-order chi connectivity index (χ1) is 12.1. The summed E-state index contributed by atoms with van der Waals surface area (Å²) in [6, 6.07) is 12.4. The van der Waals surface area contributed by atoms with Crippen molar-refractivity contribution in [2.24, 2.45) is 0 Å². The lowest BCUT2D eigenvalue weighted by molar-refractivity contribution is -0.385. The maximum Gasteiger partial charge on any atom is 0.273 e. The highest BCUT2D eigenvalue weighted by Crippen LogP contribution is 2.32. The standard InChI is InChI=1S/C18H16N2O4S/c1-12-3-5-13(6-4-12)18-19-14(11-25-18)10-24-17-9-15(20(21)22)7-8-16(17)23-2/h3-9,11H,10H2,1-2H3. The predicted octanol–water partition coefficient (Wildman–Crippen LogP) is 4.61. The van der Waals surface area contributed by atoms with Crippen LogP contribution in [0.1, 0.15) is 11.3 Å². The topological polar surface area (TPSA) is 74.5 Å². The Morgan fingerprint density at radius 3 is 2.60 bits per heavy atom. The van der Waals surface area contributed by atoms with Crippen molar-refractivity contribution in [1.29, 1.82) is 0 Å². The maximum absolute atomic E-state index is 10.9. The first-order valence-electron chi connectivity index (χ1n) is 7.53. The van der Waals surface area contributed by atoms with Crippen molar-refractivity contribution in [3.05, 3.63) is 69.2 Å². The first-order valence-corrected chi connectivity index (χ1v) is 8.41. The van der Waals surface area contributed by atoms with E-state index in [-0.39, 0.29) is 12.3 Å². The van der Waals surface area contributed by atoms with E-state index in [0.29, 0.717) is 11.5 Å². The number of benzene rings is 2. The number of rotatable bonds is 6. The lowest BCUT2D eigenvalue weighted by atomic mass is 10.2. The van der Waals surface area contributed by atoms with E-state index in [0.717, 1.165) is 16.3 Å². The summed E-state index contributed by atoms with van der Waals surface area (Å²) in [5.41, 5.74) is 2.96. The van der Waals surface area contributed by atoms with Gasteiger partial charge in [0.15, 0.2) is 11.5 Å². The Labute approximate surface area is 148 Å². The molecule has 3 aromatic rings. The lowest BCUT2D eigenvalue weighted by Gasteiger charge is -2.09. The van der Waals surface area contributed by atoms with Gasteiger partial charge in [-0.3, -0.25) is 10.1 Å². The Hall–Kier alpha value is -2.93. The third-order valence-corrected chi connectivity index (χ3v) is 4.52. The minimum atomic E-state index is -0.468. The van der Waals surface area contributed by atoms with E-state index in [1.807, 2.05) is 36.6 Å². The van der Waals surface area contributed by atoms with Crippen LogP contribution in [0.4, 0.5) is 5.69 Å².